The van der Waals surface area contributed by atoms with Gasteiger partial charge in [0.25, 0.3) is 0 Å². The van der Waals surface area contributed by atoms with Crippen molar-refractivity contribution in [2.24, 2.45) is 0 Å². The molecule has 1 rings (SSSR count). The van der Waals surface area contributed by atoms with Crippen molar-refractivity contribution in [3.63, 3.8) is 0 Å². The molecule has 1 aromatic rings. The maximum absolute atomic E-state index is 12.4. The molecular weight excluding hydrogens is 278 g/mol. The Morgan fingerprint density at radius 2 is 1.32 bits per heavy atom. The second-order valence-electron chi connectivity index (χ2n) is 3.64. The number of alkyl halides is 6. The Hall–Kier alpha value is -1.86. The molecule has 0 N–H and O–H groups in total. The Labute approximate surface area is 103 Å². The maximum atomic E-state index is 12.4. The van der Waals surface area contributed by atoms with E-state index in [4.69, 9.17) is 0 Å². The van der Waals surface area contributed by atoms with Crippen LogP contribution in [0.25, 0.3) is 0 Å². The van der Waals surface area contributed by atoms with Gasteiger partial charge in [0.15, 0.2) is 18.5 Å². The van der Waals surface area contributed by atoms with E-state index >= 15 is 0 Å². The molecule has 0 spiro atoms. The largest absolute Gasteiger partial charge is 0.404 e. The van der Waals surface area contributed by atoms with Gasteiger partial charge in [-0.3, -0.25) is 9.59 Å². The molecule has 0 saturated heterocycles. The van der Waals surface area contributed by atoms with E-state index in [1.807, 2.05) is 0 Å². The van der Waals surface area contributed by atoms with Crippen molar-refractivity contribution >= 4 is 12.6 Å². The van der Waals surface area contributed by atoms with Gasteiger partial charge in [0, 0.05) is 11.1 Å². The average Bonchev–Trinajstić information content (AvgIpc) is 2.24. The van der Waals surface area contributed by atoms with Gasteiger partial charge in [-0.15, -0.1) is 0 Å². The summed E-state index contributed by atoms with van der Waals surface area (Å²) in [7, 11) is 0. The third-order valence-corrected chi connectivity index (χ3v) is 2.35. The van der Waals surface area contributed by atoms with Crippen molar-refractivity contribution in [3.8, 4) is 0 Å². The number of hydrogen-bond donors (Lipinski definition) is 0. The molecule has 0 radical (unpaired) electrons. The summed E-state index contributed by atoms with van der Waals surface area (Å²) in [6, 6.07) is 1.70. The van der Waals surface area contributed by atoms with E-state index < -0.39 is 29.4 Å². The van der Waals surface area contributed by atoms with E-state index in [2.05, 4.69) is 0 Å². The molecule has 0 bridgehead atoms. The van der Waals surface area contributed by atoms with Crippen LogP contribution in [0.2, 0.25) is 0 Å². The molecule has 0 atom stereocenters. The Balaban J connectivity index is 3.40. The smallest absolute Gasteiger partial charge is 0.298 e. The van der Waals surface area contributed by atoms with Crippen LogP contribution in [-0.2, 0) is 0 Å². The van der Waals surface area contributed by atoms with Gasteiger partial charge in [-0.1, -0.05) is 12.1 Å². The molecule has 0 heterocycles. The van der Waals surface area contributed by atoms with Gasteiger partial charge in [0.1, 0.15) is 0 Å². The summed E-state index contributed by atoms with van der Waals surface area (Å²) >= 11 is 0. The van der Waals surface area contributed by atoms with Crippen LogP contribution >= 0.6 is 0 Å². The monoisotopic (exact) mass is 284 g/mol. The quantitative estimate of drug-likeness (QED) is 0.628. The molecule has 0 unspecified atom stereocenters. The maximum Gasteiger partial charge on any atom is 0.404 e. The standard InChI is InChI=1S/C11H6F6O2/c12-10(13,14)9(11(15,16)17)6-1-2-7(4-18)8(3-6)5-19/h1-5,9H. The van der Waals surface area contributed by atoms with Crippen LogP contribution in [0.3, 0.4) is 0 Å². The van der Waals surface area contributed by atoms with E-state index in [9.17, 15) is 35.9 Å². The van der Waals surface area contributed by atoms with Crippen LogP contribution in [0.15, 0.2) is 18.2 Å². The van der Waals surface area contributed by atoms with Crippen molar-refractivity contribution in [3.05, 3.63) is 34.9 Å². The fourth-order valence-corrected chi connectivity index (χ4v) is 1.55. The Morgan fingerprint density at radius 3 is 1.68 bits per heavy atom. The third-order valence-electron chi connectivity index (χ3n) is 2.35. The molecule has 8 heteroatoms. The molecule has 2 nitrogen and oxygen atoms in total. The van der Waals surface area contributed by atoms with Gasteiger partial charge in [-0.05, 0) is 11.6 Å². The van der Waals surface area contributed by atoms with Crippen molar-refractivity contribution in [1.82, 2.24) is 0 Å². The molecule has 0 amide bonds. The van der Waals surface area contributed by atoms with Crippen molar-refractivity contribution in [2.45, 2.75) is 18.3 Å². The van der Waals surface area contributed by atoms with Crippen molar-refractivity contribution in [2.75, 3.05) is 0 Å². The summed E-state index contributed by atoms with van der Waals surface area (Å²) in [5.74, 6) is -3.69. The van der Waals surface area contributed by atoms with E-state index in [1.165, 1.54) is 0 Å². The first-order valence-corrected chi connectivity index (χ1v) is 4.79. The molecule has 0 aliphatic rings. The molecule has 1 aromatic carbocycles. The minimum absolute atomic E-state index is 0.0248. The van der Waals surface area contributed by atoms with Gasteiger partial charge in [-0.25, -0.2) is 0 Å². The lowest BCUT2D eigenvalue weighted by Gasteiger charge is -2.23. The van der Waals surface area contributed by atoms with E-state index in [0.29, 0.717) is 12.1 Å². The highest BCUT2D eigenvalue weighted by Gasteiger charge is 2.57. The highest BCUT2D eigenvalue weighted by molar-refractivity contribution is 5.90. The van der Waals surface area contributed by atoms with Crippen LogP contribution in [0.4, 0.5) is 26.3 Å². The number of aldehydes is 2. The molecule has 0 aliphatic heterocycles. The summed E-state index contributed by atoms with van der Waals surface area (Å²) < 4.78 is 74.7. The van der Waals surface area contributed by atoms with Crippen LogP contribution in [-0.4, -0.2) is 24.9 Å². The summed E-state index contributed by atoms with van der Waals surface area (Å²) in [5, 5.41) is 0. The second-order valence-corrected chi connectivity index (χ2v) is 3.64. The Bertz CT molecular complexity index is 475. The van der Waals surface area contributed by atoms with Gasteiger partial charge in [0.05, 0.1) is 0 Å². The molecule has 104 valence electrons. The predicted molar refractivity (Wildman–Crippen MR) is 52.1 cm³/mol. The Morgan fingerprint density at radius 1 is 0.842 bits per heavy atom. The lowest BCUT2D eigenvalue weighted by molar-refractivity contribution is -0.253. The van der Waals surface area contributed by atoms with Crippen molar-refractivity contribution in [1.29, 1.82) is 0 Å². The molecule has 19 heavy (non-hydrogen) atoms. The SMILES string of the molecule is O=Cc1ccc(C(C(F)(F)F)C(F)(F)F)cc1C=O. The number of halogens is 6. The van der Waals surface area contributed by atoms with Crippen molar-refractivity contribution < 1.29 is 35.9 Å². The minimum Gasteiger partial charge on any atom is -0.298 e. The summed E-state index contributed by atoms with van der Waals surface area (Å²) in [6.07, 6.45) is -10.9. The molecule has 0 saturated carbocycles. The fourth-order valence-electron chi connectivity index (χ4n) is 1.55. The molecule has 0 fully saturated rings. The van der Waals surface area contributed by atoms with Gasteiger partial charge < -0.3 is 0 Å². The predicted octanol–water partition coefficient (Wildman–Crippen LogP) is 3.52. The molecular formula is C11H6F6O2. The molecule has 0 aliphatic carbocycles. The number of hydrogen-bond acceptors (Lipinski definition) is 2. The molecule has 0 aromatic heterocycles. The first-order chi connectivity index (χ1) is 8.61. The van der Waals surface area contributed by atoms with Crippen LogP contribution in [0.1, 0.15) is 32.2 Å². The number of benzene rings is 1. The summed E-state index contributed by atoms with van der Waals surface area (Å²) in [6.45, 7) is 0. The van der Waals surface area contributed by atoms with E-state index in [-0.39, 0.29) is 18.1 Å². The van der Waals surface area contributed by atoms with Crippen LogP contribution in [0.5, 0.6) is 0 Å². The first kappa shape index (κ1) is 15.2. The summed E-state index contributed by atoms with van der Waals surface area (Å²) in [5.41, 5.74) is -1.93. The van der Waals surface area contributed by atoms with Gasteiger partial charge in [0.2, 0.25) is 0 Å². The minimum atomic E-state index is -5.54. The van der Waals surface area contributed by atoms with Gasteiger partial charge >= 0.3 is 12.4 Å². The summed E-state index contributed by atoms with van der Waals surface area (Å²) in [4.78, 5) is 21.0. The zero-order valence-electron chi connectivity index (χ0n) is 9.05. The van der Waals surface area contributed by atoms with Crippen LogP contribution in [0, 0.1) is 0 Å². The highest BCUT2D eigenvalue weighted by atomic mass is 19.4. The number of rotatable bonds is 3. The van der Waals surface area contributed by atoms with Gasteiger partial charge in [-0.2, -0.15) is 26.3 Å². The second kappa shape index (κ2) is 5.02. The number of carbonyl (C=O) groups excluding carboxylic acids is 2. The topological polar surface area (TPSA) is 34.1 Å². The fraction of sp³-hybridized carbons (Fsp3) is 0.273. The third kappa shape index (κ3) is 3.33. The average molecular weight is 284 g/mol. The van der Waals surface area contributed by atoms with E-state index in [1.54, 1.807) is 0 Å². The first-order valence-electron chi connectivity index (χ1n) is 4.79. The number of carbonyl (C=O) groups is 2. The highest BCUT2D eigenvalue weighted by Crippen LogP contribution is 2.46. The lowest BCUT2D eigenvalue weighted by Crippen LogP contribution is -2.34. The zero-order valence-corrected chi connectivity index (χ0v) is 9.05. The van der Waals surface area contributed by atoms with Crippen LogP contribution < -0.4 is 0 Å². The normalized spacial score (nSPS) is 12.6. The zero-order chi connectivity index (χ0) is 14.8. The van der Waals surface area contributed by atoms with E-state index in [0.717, 1.165) is 6.07 Å². The lowest BCUT2D eigenvalue weighted by atomic mass is 9.94. The Kier molecular flexibility index (Phi) is 4.02.